The van der Waals surface area contributed by atoms with Crippen LogP contribution in [0.4, 0.5) is 13.9 Å². The Hall–Kier alpha value is -1.64. The molecule has 0 radical (unpaired) electrons. The summed E-state index contributed by atoms with van der Waals surface area (Å²) in [6.07, 6.45) is 0. The molecule has 0 aliphatic rings. The van der Waals surface area contributed by atoms with E-state index in [0.29, 0.717) is 15.7 Å². The van der Waals surface area contributed by atoms with Gasteiger partial charge in [-0.2, -0.15) is 0 Å². The Balaban J connectivity index is 1.80. The first-order chi connectivity index (χ1) is 10.5. The number of hydrogen-bond acceptors (Lipinski definition) is 4. The van der Waals surface area contributed by atoms with E-state index in [9.17, 15) is 13.6 Å². The second-order valence-electron chi connectivity index (χ2n) is 4.22. The molecule has 0 spiro atoms. The zero-order chi connectivity index (χ0) is 15.7. The Kier molecular flexibility index (Phi) is 4.32. The Morgan fingerprint density at radius 3 is 2.73 bits per heavy atom. The van der Waals surface area contributed by atoms with E-state index in [4.69, 9.17) is 0 Å². The van der Waals surface area contributed by atoms with Crippen LogP contribution in [0.15, 0.2) is 39.5 Å². The van der Waals surface area contributed by atoms with Gasteiger partial charge in [-0.3, -0.25) is 10.1 Å². The van der Waals surface area contributed by atoms with Crippen molar-refractivity contribution in [2.24, 2.45) is 0 Å². The molecule has 22 heavy (non-hydrogen) atoms. The maximum atomic E-state index is 13.7. The van der Waals surface area contributed by atoms with Crippen LogP contribution in [-0.2, 0) is 0 Å². The molecule has 0 fully saturated rings. The second-order valence-corrected chi connectivity index (χ2v) is 7.54. The lowest BCUT2D eigenvalue weighted by atomic mass is 10.1. The summed E-state index contributed by atoms with van der Waals surface area (Å²) in [7, 11) is 0. The maximum Gasteiger partial charge on any atom is 0.267 e. The highest BCUT2D eigenvalue weighted by Crippen LogP contribution is 2.28. The van der Waals surface area contributed by atoms with Crippen LogP contribution >= 0.6 is 38.6 Å². The Labute approximate surface area is 140 Å². The number of halogens is 3. The first kappa shape index (κ1) is 15.3. The van der Waals surface area contributed by atoms with Gasteiger partial charge in [-0.1, -0.05) is 0 Å². The number of thiophene rings is 1. The SMILES string of the molecule is O=C(Nc1nc(-c2ccc(F)cc2F)cs1)c1ccc(Br)s1. The number of amides is 1. The highest BCUT2D eigenvalue weighted by Gasteiger charge is 2.14. The van der Waals surface area contributed by atoms with Gasteiger partial charge in [0.2, 0.25) is 0 Å². The van der Waals surface area contributed by atoms with Crippen LogP contribution < -0.4 is 5.32 Å². The lowest BCUT2D eigenvalue weighted by molar-refractivity contribution is 0.103. The Morgan fingerprint density at radius 1 is 1.23 bits per heavy atom. The molecule has 3 rings (SSSR count). The van der Waals surface area contributed by atoms with E-state index >= 15 is 0 Å². The van der Waals surface area contributed by atoms with Crippen LogP contribution in [0, 0.1) is 11.6 Å². The molecule has 0 atom stereocenters. The molecule has 3 aromatic rings. The van der Waals surface area contributed by atoms with Crippen molar-refractivity contribution in [1.29, 1.82) is 0 Å². The van der Waals surface area contributed by atoms with Crippen molar-refractivity contribution < 1.29 is 13.6 Å². The van der Waals surface area contributed by atoms with Crippen molar-refractivity contribution >= 4 is 49.6 Å². The fourth-order valence-corrected chi connectivity index (χ4v) is 3.73. The van der Waals surface area contributed by atoms with Crippen molar-refractivity contribution in [1.82, 2.24) is 4.98 Å². The van der Waals surface area contributed by atoms with Gasteiger partial charge in [0.05, 0.1) is 14.4 Å². The molecule has 1 N–H and O–H groups in total. The summed E-state index contributed by atoms with van der Waals surface area (Å²) in [5.74, 6) is -1.62. The van der Waals surface area contributed by atoms with Gasteiger partial charge in [0, 0.05) is 17.0 Å². The minimum atomic E-state index is -0.689. The first-order valence-corrected chi connectivity index (χ1v) is 8.49. The third-order valence-electron chi connectivity index (χ3n) is 2.73. The van der Waals surface area contributed by atoms with Gasteiger partial charge >= 0.3 is 0 Å². The van der Waals surface area contributed by atoms with E-state index in [2.05, 4.69) is 26.2 Å². The number of aromatic nitrogens is 1. The van der Waals surface area contributed by atoms with E-state index in [1.165, 1.54) is 34.8 Å². The number of benzene rings is 1. The summed E-state index contributed by atoms with van der Waals surface area (Å²) < 4.78 is 27.5. The van der Waals surface area contributed by atoms with Crippen LogP contribution in [0.3, 0.4) is 0 Å². The van der Waals surface area contributed by atoms with Crippen LogP contribution in [0.1, 0.15) is 9.67 Å². The fraction of sp³-hybridized carbons (Fsp3) is 0. The lowest BCUT2D eigenvalue weighted by Crippen LogP contribution is -2.09. The summed E-state index contributed by atoms with van der Waals surface area (Å²) in [6.45, 7) is 0. The summed E-state index contributed by atoms with van der Waals surface area (Å²) >= 11 is 5.77. The van der Waals surface area contributed by atoms with E-state index < -0.39 is 11.6 Å². The minimum Gasteiger partial charge on any atom is -0.297 e. The number of thiazole rings is 1. The van der Waals surface area contributed by atoms with Crippen molar-refractivity contribution in [2.45, 2.75) is 0 Å². The third-order valence-corrected chi connectivity index (χ3v) is 5.11. The molecule has 0 aliphatic carbocycles. The summed E-state index contributed by atoms with van der Waals surface area (Å²) in [6, 6.07) is 6.76. The molecule has 112 valence electrons. The third kappa shape index (κ3) is 3.23. The molecule has 0 aliphatic heterocycles. The molecule has 2 heterocycles. The highest BCUT2D eigenvalue weighted by atomic mass is 79.9. The summed E-state index contributed by atoms with van der Waals surface area (Å²) in [5.41, 5.74) is 0.544. The lowest BCUT2D eigenvalue weighted by Gasteiger charge is -2.00. The standard InChI is InChI=1S/C14H7BrF2N2OS2/c15-12-4-3-11(22-12)13(20)19-14-18-10(6-21-14)8-2-1-7(16)5-9(8)17/h1-6H,(H,18,19,20). The van der Waals surface area contributed by atoms with Gasteiger partial charge in [0.15, 0.2) is 5.13 Å². The van der Waals surface area contributed by atoms with Crippen molar-refractivity contribution in [2.75, 3.05) is 5.32 Å². The van der Waals surface area contributed by atoms with Crippen LogP contribution in [0.25, 0.3) is 11.3 Å². The number of nitrogens with one attached hydrogen (secondary N) is 1. The quantitative estimate of drug-likeness (QED) is 0.659. The molecule has 3 nitrogen and oxygen atoms in total. The molecule has 1 amide bonds. The van der Waals surface area contributed by atoms with Gasteiger partial charge in [0.1, 0.15) is 11.6 Å². The maximum absolute atomic E-state index is 13.7. The average Bonchev–Trinajstić information content (AvgIpc) is 3.08. The molecule has 2 aromatic heterocycles. The van der Waals surface area contributed by atoms with E-state index in [1.54, 1.807) is 17.5 Å². The van der Waals surface area contributed by atoms with Crippen molar-refractivity contribution in [3.05, 3.63) is 56.0 Å². The molecular formula is C14H7BrF2N2OS2. The predicted molar refractivity (Wildman–Crippen MR) is 87.4 cm³/mol. The van der Waals surface area contributed by atoms with Gasteiger partial charge in [0.25, 0.3) is 5.91 Å². The number of rotatable bonds is 3. The molecule has 0 saturated heterocycles. The molecule has 0 saturated carbocycles. The zero-order valence-electron chi connectivity index (χ0n) is 10.8. The number of hydrogen-bond donors (Lipinski definition) is 1. The Morgan fingerprint density at radius 2 is 2.05 bits per heavy atom. The smallest absolute Gasteiger partial charge is 0.267 e. The van der Waals surface area contributed by atoms with E-state index in [0.717, 1.165) is 9.85 Å². The Bertz CT molecular complexity index is 847. The normalized spacial score (nSPS) is 10.7. The number of anilines is 1. The van der Waals surface area contributed by atoms with Gasteiger partial charge in [-0.15, -0.1) is 22.7 Å². The van der Waals surface area contributed by atoms with Crippen LogP contribution in [0.2, 0.25) is 0 Å². The molecule has 1 aromatic carbocycles. The number of nitrogens with zero attached hydrogens (tertiary/aromatic N) is 1. The second kappa shape index (κ2) is 6.23. The number of carbonyl (C=O) groups is 1. The highest BCUT2D eigenvalue weighted by molar-refractivity contribution is 9.11. The van der Waals surface area contributed by atoms with E-state index in [1.807, 2.05) is 0 Å². The predicted octanol–water partition coefficient (Wildman–Crippen LogP) is 5.16. The van der Waals surface area contributed by atoms with Gasteiger partial charge < -0.3 is 0 Å². The van der Waals surface area contributed by atoms with Crippen LogP contribution in [-0.4, -0.2) is 10.9 Å². The van der Waals surface area contributed by atoms with E-state index in [-0.39, 0.29) is 11.5 Å². The number of carbonyl (C=O) groups excluding carboxylic acids is 1. The van der Waals surface area contributed by atoms with Gasteiger partial charge in [-0.25, -0.2) is 13.8 Å². The average molecular weight is 401 g/mol. The molecular weight excluding hydrogens is 394 g/mol. The molecule has 0 unspecified atom stereocenters. The zero-order valence-corrected chi connectivity index (χ0v) is 14.0. The fourth-order valence-electron chi connectivity index (χ4n) is 1.75. The van der Waals surface area contributed by atoms with Crippen molar-refractivity contribution in [3.63, 3.8) is 0 Å². The van der Waals surface area contributed by atoms with Crippen molar-refractivity contribution in [3.8, 4) is 11.3 Å². The molecule has 8 heteroatoms. The minimum absolute atomic E-state index is 0.192. The summed E-state index contributed by atoms with van der Waals surface area (Å²) in [4.78, 5) is 16.7. The van der Waals surface area contributed by atoms with Crippen LogP contribution in [0.5, 0.6) is 0 Å². The monoisotopic (exact) mass is 400 g/mol. The molecule has 0 bridgehead atoms. The first-order valence-electron chi connectivity index (χ1n) is 6.00. The summed E-state index contributed by atoms with van der Waals surface area (Å²) in [5, 5.41) is 4.62. The van der Waals surface area contributed by atoms with Gasteiger partial charge in [-0.05, 0) is 40.2 Å². The largest absolute Gasteiger partial charge is 0.297 e. The topological polar surface area (TPSA) is 42.0 Å².